The van der Waals surface area contributed by atoms with E-state index in [0.717, 1.165) is 4.48 Å². The van der Waals surface area contributed by atoms with Crippen LogP contribution >= 0.6 is 0 Å². The molecule has 0 bridgehead atoms. The standard InChI is InChI=1S/C12H20N.C7H6O2/c1-4-13(5-2,6-3)12-10-8-7-9-11-12;8-7(9)6-4-2-1-3-5-6/h7-11H,4-6H2,1-3H3;1-5H,(H,8,9)/q+1;. The van der Waals surface area contributed by atoms with Gasteiger partial charge in [0.2, 0.25) is 0 Å². The van der Waals surface area contributed by atoms with Gasteiger partial charge in [-0.2, -0.15) is 0 Å². The molecular formula is C19H26NO2+. The Hall–Kier alpha value is -2.13. The quantitative estimate of drug-likeness (QED) is 0.829. The van der Waals surface area contributed by atoms with Crippen LogP contribution in [-0.2, 0) is 0 Å². The fourth-order valence-corrected chi connectivity index (χ4v) is 2.54. The SMILES string of the molecule is CC[N+](CC)(CC)c1ccccc1.O=C(O)c1ccccc1. The highest BCUT2D eigenvalue weighted by Crippen LogP contribution is 2.21. The smallest absolute Gasteiger partial charge is 0.335 e. The first-order chi connectivity index (χ1) is 10.6. The Morgan fingerprint density at radius 2 is 1.23 bits per heavy atom. The van der Waals surface area contributed by atoms with Crippen molar-refractivity contribution in [3.63, 3.8) is 0 Å². The number of benzene rings is 2. The van der Waals surface area contributed by atoms with Crippen LogP contribution in [0.15, 0.2) is 60.7 Å². The topological polar surface area (TPSA) is 37.3 Å². The Morgan fingerprint density at radius 3 is 1.55 bits per heavy atom. The van der Waals surface area contributed by atoms with Crippen LogP contribution in [0.5, 0.6) is 0 Å². The number of quaternary nitrogens is 1. The molecule has 0 aliphatic carbocycles. The summed E-state index contributed by atoms with van der Waals surface area (Å²) in [5.41, 5.74) is 1.77. The molecule has 2 aromatic carbocycles. The number of para-hydroxylation sites is 1. The molecule has 0 heterocycles. The molecule has 3 nitrogen and oxygen atoms in total. The summed E-state index contributed by atoms with van der Waals surface area (Å²) in [7, 11) is 0. The molecule has 0 aromatic heterocycles. The minimum absolute atomic E-state index is 0.331. The second-order valence-electron chi connectivity index (χ2n) is 5.10. The molecule has 0 saturated carbocycles. The third-order valence-corrected chi connectivity index (χ3v) is 4.14. The summed E-state index contributed by atoms with van der Waals surface area (Å²) in [4.78, 5) is 10.2. The highest BCUT2D eigenvalue weighted by Gasteiger charge is 2.23. The van der Waals surface area contributed by atoms with Crippen LogP contribution in [0, 0.1) is 0 Å². The normalized spacial score (nSPS) is 10.5. The van der Waals surface area contributed by atoms with Crippen LogP contribution in [0.2, 0.25) is 0 Å². The minimum atomic E-state index is -0.879. The summed E-state index contributed by atoms with van der Waals surface area (Å²) in [6, 6.07) is 19.1. The molecule has 0 radical (unpaired) electrons. The van der Waals surface area contributed by atoms with Crippen molar-refractivity contribution in [2.24, 2.45) is 0 Å². The van der Waals surface area contributed by atoms with E-state index in [1.807, 2.05) is 0 Å². The van der Waals surface area contributed by atoms with Gasteiger partial charge in [0.1, 0.15) is 5.69 Å². The van der Waals surface area contributed by atoms with Gasteiger partial charge in [-0.05, 0) is 45.0 Å². The van der Waals surface area contributed by atoms with Crippen molar-refractivity contribution in [2.45, 2.75) is 20.8 Å². The lowest BCUT2D eigenvalue weighted by atomic mass is 10.2. The molecule has 0 atom stereocenters. The third-order valence-electron chi connectivity index (χ3n) is 4.14. The van der Waals surface area contributed by atoms with Crippen molar-refractivity contribution in [2.75, 3.05) is 19.6 Å². The second-order valence-corrected chi connectivity index (χ2v) is 5.10. The zero-order valence-electron chi connectivity index (χ0n) is 13.7. The van der Waals surface area contributed by atoms with Gasteiger partial charge in [0, 0.05) is 0 Å². The lowest BCUT2D eigenvalue weighted by Crippen LogP contribution is -2.48. The van der Waals surface area contributed by atoms with E-state index in [-0.39, 0.29) is 0 Å². The van der Waals surface area contributed by atoms with E-state index in [1.54, 1.807) is 30.3 Å². The molecule has 0 fully saturated rings. The van der Waals surface area contributed by atoms with Gasteiger partial charge in [-0.15, -0.1) is 0 Å². The average molecular weight is 300 g/mol. The summed E-state index contributed by atoms with van der Waals surface area (Å²) < 4.78 is 1.10. The Labute approximate surface area is 133 Å². The largest absolute Gasteiger partial charge is 0.478 e. The van der Waals surface area contributed by atoms with Gasteiger partial charge in [0.25, 0.3) is 0 Å². The van der Waals surface area contributed by atoms with Crippen LogP contribution in [0.4, 0.5) is 5.69 Å². The van der Waals surface area contributed by atoms with E-state index in [1.165, 1.54) is 25.3 Å². The zero-order valence-corrected chi connectivity index (χ0v) is 13.7. The van der Waals surface area contributed by atoms with Gasteiger partial charge in [-0.25, -0.2) is 4.79 Å². The van der Waals surface area contributed by atoms with Gasteiger partial charge in [0.05, 0.1) is 25.2 Å². The lowest BCUT2D eigenvalue weighted by Gasteiger charge is -2.35. The fraction of sp³-hybridized carbons (Fsp3) is 0.316. The highest BCUT2D eigenvalue weighted by atomic mass is 16.4. The fourth-order valence-electron chi connectivity index (χ4n) is 2.54. The van der Waals surface area contributed by atoms with E-state index in [4.69, 9.17) is 5.11 Å². The van der Waals surface area contributed by atoms with Crippen molar-refractivity contribution >= 4 is 11.7 Å². The number of hydrogen-bond donors (Lipinski definition) is 1. The number of rotatable bonds is 5. The molecular weight excluding hydrogens is 274 g/mol. The van der Waals surface area contributed by atoms with E-state index >= 15 is 0 Å². The van der Waals surface area contributed by atoms with Gasteiger partial charge in [0.15, 0.2) is 0 Å². The van der Waals surface area contributed by atoms with Crippen LogP contribution in [0.1, 0.15) is 31.1 Å². The van der Waals surface area contributed by atoms with E-state index < -0.39 is 5.97 Å². The van der Waals surface area contributed by atoms with Crippen molar-refractivity contribution in [1.82, 2.24) is 4.48 Å². The molecule has 3 heteroatoms. The molecule has 118 valence electrons. The summed E-state index contributed by atoms with van der Waals surface area (Å²) in [5.74, 6) is -0.879. The van der Waals surface area contributed by atoms with Crippen molar-refractivity contribution in [3.05, 3.63) is 66.2 Å². The molecule has 0 unspecified atom stereocenters. The average Bonchev–Trinajstić information content (AvgIpc) is 2.59. The third kappa shape index (κ3) is 4.71. The predicted octanol–water partition coefficient (Wildman–Crippen LogP) is 4.44. The Bertz CT molecular complexity index is 540. The minimum Gasteiger partial charge on any atom is -0.478 e. The van der Waals surface area contributed by atoms with Crippen LogP contribution in [0.25, 0.3) is 0 Å². The molecule has 2 aromatic rings. The Morgan fingerprint density at radius 1 is 0.818 bits per heavy atom. The summed E-state index contributed by atoms with van der Waals surface area (Å²) in [6.07, 6.45) is 0. The van der Waals surface area contributed by atoms with E-state index in [0.29, 0.717) is 5.56 Å². The molecule has 22 heavy (non-hydrogen) atoms. The first-order valence-corrected chi connectivity index (χ1v) is 7.79. The number of aromatic carboxylic acids is 1. The number of carboxylic acids is 1. The first kappa shape index (κ1) is 17.9. The molecule has 2 rings (SSSR count). The van der Waals surface area contributed by atoms with Crippen LogP contribution in [0.3, 0.4) is 0 Å². The van der Waals surface area contributed by atoms with Crippen LogP contribution < -0.4 is 4.48 Å². The van der Waals surface area contributed by atoms with Crippen molar-refractivity contribution < 1.29 is 9.90 Å². The van der Waals surface area contributed by atoms with Crippen LogP contribution in [-0.4, -0.2) is 30.7 Å². The number of hydrogen-bond acceptors (Lipinski definition) is 1. The van der Waals surface area contributed by atoms with Gasteiger partial charge in [-0.1, -0.05) is 36.4 Å². The van der Waals surface area contributed by atoms with Crippen molar-refractivity contribution in [3.8, 4) is 0 Å². The number of carboxylic acid groups (broad SMARTS) is 1. The summed E-state index contributed by atoms with van der Waals surface area (Å²) >= 11 is 0. The number of carbonyl (C=O) groups is 1. The summed E-state index contributed by atoms with van der Waals surface area (Å²) in [6.45, 7) is 10.3. The Balaban J connectivity index is 0.000000235. The van der Waals surface area contributed by atoms with Gasteiger partial charge < -0.3 is 5.11 Å². The van der Waals surface area contributed by atoms with E-state index in [2.05, 4.69) is 51.1 Å². The molecule has 0 aliphatic heterocycles. The maximum absolute atomic E-state index is 10.2. The molecule has 1 N–H and O–H groups in total. The number of nitrogens with zero attached hydrogens (tertiary/aromatic N) is 1. The van der Waals surface area contributed by atoms with E-state index in [9.17, 15) is 4.79 Å². The Kier molecular flexibility index (Phi) is 7.33. The maximum Gasteiger partial charge on any atom is 0.335 e. The monoisotopic (exact) mass is 300 g/mol. The lowest BCUT2D eigenvalue weighted by molar-refractivity contribution is 0.0697. The van der Waals surface area contributed by atoms with Crippen molar-refractivity contribution in [1.29, 1.82) is 0 Å². The molecule has 0 saturated heterocycles. The predicted molar refractivity (Wildman–Crippen MR) is 93.3 cm³/mol. The van der Waals surface area contributed by atoms with Gasteiger partial charge >= 0.3 is 5.97 Å². The zero-order chi connectivity index (χ0) is 16.4. The molecule has 0 amide bonds. The molecule has 0 spiro atoms. The summed E-state index contributed by atoms with van der Waals surface area (Å²) in [5, 5.41) is 8.38. The maximum atomic E-state index is 10.2. The first-order valence-electron chi connectivity index (χ1n) is 7.79. The second kappa shape index (κ2) is 9.00. The highest BCUT2D eigenvalue weighted by molar-refractivity contribution is 5.87. The molecule has 0 aliphatic rings. The van der Waals surface area contributed by atoms with Gasteiger partial charge in [-0.3, -0.25) is 4.48 Å².